The van der Waals surface area contributed by atoms with Crippen LogP contribution in [0.15, 0.2) is 36.4 Å². The highest BCUT2D eigenvalue weighted by Crippen LogP contribution is 2.30. The van der Waals surface area contributed by atoms with Gasteiger partial charge < -0.3 is 10.1 Å². The van der Waals surface area contributed by atoms with E-state index in [-0.39, 0.29) is 18.3 Å². The van der Waals surface area contributed by atoms with E-state index in [1.54, 1.807) is 31.2 Å². The molecule has 1 N–H and O–H groups in total. The summed E-state index contributed by atoms with van der Waals surface area (Å²) >= 11 is 8.47. The molecule has 1 amide bonds. The predicted octanol–water partition coefficient (Wildman–Crippen LogP) is 4.51. The van der Waals surface area contributed by atoms with Crippen LogP contribution in [0.2, 0.25) is 5.02 Å². The third kappa shape index (κ3) is 5.50. The van der Waals surface area contributed by atoms with Crippen LogP contribution in [0, 0.1) is 6.92 Å². The Kier molecular flexibility index (Phi) is 6.79. The summed E-state index contributed by atoms with van der Waals surface area (Å²) < 4.78 is 5.20. The second-order valence-electron chi connectivity index (χ2n) is 6.12. The lowest BCUT2D eigenvalue weighted by molar-refractivity contribution is -0.119. The van der Waals surface area contributed by atoms with Crippen molar-refractivity contribution in [2.45, 2.75) is 20.4 Å². The summed E-state index contributed by atoms with van der Waals surface area (Å²) in [6.45, 7) is 3.15. The van der Waals surface area contributed by atoms with Crippen LogP contribution >= 0.6 is 34.3 Å². The molecular formula is C20H17ClN2O4S2. The Balaban J connectivity index is 1.62. The van der Waals surface area contributed by atoms with Crippen molar-refractivity contribution in [3.63, 3.8) is 0 Å². The summed E-state index contributed by atoms with van der Waals surface area (Å²) in [4.78, 5) is 41.8. The highest BCUT2D eigenvalue weighted by atomic mass is 35.5. The fraction of sp³-hybridized carbons (Fsp3) is 0.200. The Bertz CT molecular complexity index is 1070. The molecule has 0 fully saturated rings. The first-order chi connectivity index (χ1) is 13.8. The predicted molar refractivity (Wildman–Crippen MR) is 114 cm³/mol. The zero-order valence-corrected chi connectivity index (χ0v) is 18.0. The minimum Gasteiger partial charge on any atom is -0.453 e. The van der Waals surface area contributed by atoms with Gasteiger partial charge in [0.2, 0.25) is 11.7 Å². The van der Waals surface area contributed by atoms with Gasteiger partial charge >= 0.3 is 5.97 Å². The molecule has 0 spiro atoms. The standard InChI is InChI=1S/C20H17ClN2O4S2/c1-11-18(29-19(23-11)13-4-3-5-14(21)8-13)20(26)27-10-16(25)17-7-6-15(28-17)9-22-12(2)24/h3-8H,9-10H2,1-2H3,(H,22,24). The van der Waals surface area contributed by atoms with Gasteiger partial charge in [0.1, 0.15) is 9.88 Å². The summed E-state index contributed by atoms with van der Waals surface area (Å²) in [5, 5.41) is 3.91. The molecular weight excluding hydrogens is 432 g/mol. The number of aromatic nitrogens is 1. The summed E-state index contributed by atoms with van der Waals surface area (Å²) in [5.74, 6) is -1.02. The number of benzene rings is 1. The molecule has 0 unspecified atom stereocenters. The number of ketones is 1. The van der Waals surface area contributed by atoms with Crippen LogP contribution < -0.4 is 5.32 Å². The first-order valence-electron chi connectivity index (χ1n) is 8.60. The Morgan fingerprint density at radius 3 is 2.69 bits per heavy atom. The quantitative estimate of drug-likeness (QED) is 0.424. The molecule has 150 valence electrons. The third-order valence-electron chi connectivity index (χ3n) is 3.84. The highest BCUT2D eigenvalue weighted by molar-refractivity contribution is 7.17. The van der Waals surface area contributed by atoms with Crippen molar-refractivity contribution in [3.8, 4) is 10.6 Å². The van der Waals surface area contributed by atoms with E-state index in [0.717, 1.165) is 10.4 Å². The van der Waals surface area contributed by atoms with E-state index in [1.165, 1.54) is 29.6 Å². The van der Waals surface area contributed by atoms with Crippen molar-refractivity contribution >= 4 is 51.9 Å². The summed E-state index contributed by atoms with van der Waals surface area (Å²) in [5.41, 5.74) is 1.35. The van der Waals surface area contributed by atoms with Gasteiger partial charge in [0.15, 0.2) is 6.61 Å². The van der Waals surface area contributed by atoms with Crippen molar-refractivity contribution in [2.75, 3.05) is 6.61 Å². The normalized spacial score (nSPS) is 10.6. The third-order valence-corrected chi connectivity index (χ3v) is 6.38. The Labute approximate surface area is 180 Å². The molecule has 0 aliphatic heterocycles. The first kappa shape index (κ1) is 21.2. The lowest BCUT2D eigenvalue weighted by Gasteiger charge is -2.02. The Morgan fingerprint density at radius 1 is 1.17 bits per heavy atom. The number of amides is 1. The van der Waals surface area contributed by atoms with Crippen LogP contribution in [-0.2, 0) is 16.1 Å². The minimum absolute atomic E-state index is 0.141. The number of aryl methyl sites for hydroxylation is 1. The van der Waals surface area contributed by atoms with Crippen LogP contribution in [0.1, 0.15) is 36.8 Å². The molecule has 0 atom stereocenters. The van der Waals surface area contributed by atoms with Gasteiger partial charge in [0.05, 0.1) is 17.1 Å². The maximum absolute atomic E-state index is 12.4. The lowest BCUT2D eigenvalue weighted by atomic mass is 10.2. The van der Waals surface area contributed by atoms with E-state index in [1.807, 2.05) is 12.1 Å². The van der Waals surface area contributed by atoms with Gasteiger partial charge in [-0.1, -0.05) is 23.7 Å². The van der Waals surface area contributed by atoms with Crippen LogP contribution in [0.3, 0.4) is 0 Å². The number of halogens is 1. The molecule has 0 bridgehead atoms. The van der Waals surface area contributed by atoms with E-state index in [2.05, 4.69) is 10.3 Å². The smallest absolute Gasteiger partial charge is 0.350 e. The van der Waals surface area contributed by atoms with Gasteiger partial charge in [0, 0.05) is 22.4 Å². The molecule has 3 aromatic rings. The van der Waals surface area contributed by atoms with E-state index >= 15 is 0 Å². The number of nitrogens with zero attached hydrogens (tertiary/aromatic N) is 1. The molecule has 6 nitrogen and oxygen atoms in total. The summed E-state index contributed by atoms with van der Waals surface area (Å²) in [6, 6.07) is 10.6. The number of nitrogens with one attached hydrogen (secondary N) is 1. The van der Waals surface area contributed by atoms with Crippen molar-refractivity contribution in [1.29, 1.82) is 0 Å². The Morgan fingerprint density at radius 2 is 1.97 bits per heavy atom. The van der Waals surface area contributed by atoms with Crippen molar-refractivity contribution in [2.24, 2.45) is 0 Å². The maximum atomic E-state index is 12.4. The monoisotopic (exact) mass is 448 g/mol. The molecule has 0 saturated heterocycles. The molecule has 2 heterocycles. The SMILES string of the molecule is CC(=O)NCc1ccc(C(=O)COC(=O)c2sc(-c3cccc(Cl)c3)nc2C)s1. The van der Waals surface area contributed by atoms with Crippen molar-refractivity contribution in [1.82, 2.24) is 10.3 Å². The maximum Gasteiger partial charge on any atom is 0.350 e. The Hall–Kier alpha value is -2.55. The van der Waals surface area contributed by atoms with E-state index in [0.29, 0.717) is 32.0 Å². The number of Topliss-reactive ketones (excluding diaryl/α,β-unsaturated/α-hetero) is 1. The van der Waals surface area contributed by atoms with Crippen LogP contribution in [-0.4, -0.2) is 29.3 Å². The van der Waals surface area contributed by atoms with E-state index in [4.69, 9.17) is 16.3 Å². The average molecular weight is 449 g/mol. The minimum atomic E-state index is -0.586. The van der Waals surface area contributed by atoms with Gasteiger partial charge in [-0.15, -0.1) is 22.7 Å². The number of hydrogen-bond donors (Lipinski definition) is 1. The average Bonchev–Trinajstić information content (AvgIpc) is 3.31. The number of rotatable bonds is 7. The number of carbonyl (C=O) groups excluding carboxylic acids is 3. The molecule has 0 aliphatic rings. The fourth-order valence-electron chi connectivity index (χ4n) is 2.43. The van der Waals surface area contributed by atoms with Crippen molar-refractivity contribution in [3.05, 3.63) is 61.7 Å². The van der Waals surface area contributed by atoms with Gasteiger partial charge in [-0.25, -0.2) is 9.78 Å². The van der Waals surface area contributed by atoms with Crippen LogP contribution in [0.4, 0.5) is 0 Å². The van der Waals surface area contributed by atoms with Crippen LogP contribution in [0.5, 0.6) is 0 Å². The zero-order chi connectivity index (χ0) is 21.0. The van der Waals surface area contributed by atoms with Gasteiger partial charge in [-0.05, 0) is 31.2 Å². The fourth-order valence-corrected chi connectivity index (χ4v) is 4.45. The van der Waals surface area contributed by atoms with Gasteiger partial charge in [-0.3, -0.25) is 9.59 Å². The highest BCUT2D eigenvalue weighted by Gasteiger charge is 2.20. The van der Waals surface area contributed by atoms with Gasteiger partial charge in [0.25, 0.3) is 0 Å². The summed E-state index contributed by atoms with van der Waals surface area (Å²) in [6.07, 6.45) is 0. The second kappa shape index (κ2) is 9.30. The van der Waals surface area contributed by atoms with Crippen molar-refractivity contribution < 1.29 is 19.1 Å². The second-order valence-corrected chi connectivity index (χ2v) is 8.72. The molecule has 3 rings (SSSR count). The molecule has 2 aromatic heterocycles. The first-order valence-corrected chi connectivity index (χ1v) is 10.6. The molecule has 9 heteroatoms. The number of thiazole rings is 1. The molecule has 0 radical (unpaired) electrons. The number of hydrogen-bond acceptors (Lipinski definition) is 7. The van der Waals surface area contributed by atoms with E-state index in [9.17, 15) is 14.4 Å². The zero-order valence-electron chi connectivity index (χ0n) is 15.7. The number of esters is 1. The van der Waals surface area contributed by atoms with E-state index < -0.39 is 5.97 Å². The number of thiophene rings is 1. The number of ether oxygens (including phenoxy) is 1. The lowest BCUT2D eigenvalue weighted by Crippen LogP contribution is -2.18. The molecule has 29 heavy (non-hydrogen) atoms. The molecule has 0 aliphatic carbocycles. The van der Waals surface area contributed by atoms with Gasteiger partial charge in [-0.2, -0.15) is 0 Å². The molecule has 0 saturated carbocycles. The number of carbonyl (C=O) groups is 3. The summed E-state index contributed by atoms with van der Waals surface area (Å²) in [7, 11) is 0. The topological polar surface area (TPSA) is 85.4 Å². The van der Waals surface area contributed by atoms with Crippen LogP contribution in [0.25, 0.3) is 10.6 Å². The largest absolute Gasteiger partial charge is 0.453 e. The molecule has 1 aromatic carbocycles.